The molecule has 2 aliphatic rings. The number of para-hydroxylation sites is 1. The Balaban J connectivity index is 1.45. The summed E-state index contributed by atoms with van der Waals surface area (Å²) < 4.78 is 14.0. The minimum Gasteiger partial charge on any atom is -0.508 e. The summed E-state index contributed by atoms with van der Waals surface area (Å²) >= 11 is 0. The molecule has 0 bridgehead atoms. The molecule has 0 spiro atoms. The van der Waals surface area contributed by atoms with E-state index in [2.05, 4.69) is 9.47 Å². The summed E-state index contributed by atoms with van der Waals surface area (Å²) in [5.74, 6) is 1.01. The van der Waals surface area contributed by atoms with Gasteiger partial charge in [-0.15, -0.1) is 0 Å². The van der Waals surface area contributed by atoms with Gasteiger partial charge in [-0.1, -0.05) is 30.3 Å². The normalized spacial score (nSPS) is 18.5. The molecule has 2 aliphatic heterocycles. The molecular formula is C27H26N2O4. The van der Waals surface area contributed by atoms with Crippen LogP contribution in [-0.4, -0.2) is 59.8 Å². The Kier molecular flexibility index (Phi) is 4.85. The Bertz CT molecular complexity index is 1380. The van der Waals surface area contributed by atoms with Crippen LogP contribution in [0.1, 0.15) is 27.7 Å². The molecule has 6 heteroatoms. The van der Waals surface area contributed by atoms with Crippen LogP contribution in [0.4, 0.5) is 0 Å². The van der Waals surface area contributed by atoms with Gasteiger partial charge in [0.1, 0.15) is 18.1 Å². The Morgan fingerprint density at radius 3 is 2.73 bits per heavy atom. The number of phenolic OH excluding ortho intramolecular Hbond substituents is 1. The number of rotatable bonds is 4. The Morgan fingerprint density at radius 1 is 1.06 bits per heavy atom. The maximum absolute atomic E-state index is 13.8. The van der Waals surface area contributed by atoms with Gasteiger partial charge in [0.05, 0.1) is 30.3 Å². The summed E-state index contributed by atoms with van der Waals surface area (Å²) in [6, 6.07) is 17.0. The number of aromatic nitrogens is 1. The zero-order valence-electron chi connectivity index (χ0n) is 18.6. The van der Waals surface area contributed by atoms with Gasteiger partial charge in [0.15, 0.2) is 5.78 Å². The first-order chi connectivity index (χ1) is 16.1. The van der Waals surface area contributed by atoms with E-state index in [1.165, 1.54) is 0 Å². The highest BCUT2D eigenvalue weighted by atomic mass is 16.5. The lowest BCUT2D eigenvalue weighted by Crippen LogP contribution is -2.42. The summed E-state index contributed by atoms with van der Waals surface area (Å²) in [5.41, 5.74) is 3.32. The van der Waals surface area contributed by atoms with E-state index in [4.69, 9.17) is 9.47 Å². The first kappa shape index (κ1) is 20.3. The smallest absolute Gasteiger partial charge is 0.195 e. The number of fused-ring (bicyclic) bond motifs is 1. The van der Waals surface area contributed by atoms with Gasteiger partial charge in [-0.3, -0.25) is 9.69 Å². The fourth-order valence-electron chi connectivity index (χ4n) is 5.31. The molecular weight excluding hydrogens is 416 g/mol. The van der Waals surface area contributed by atoms with Crippen molar-refractivity contribution in [3.05, 3.63) is 71.4 Å². The molecule has 0 radical (unpaired) electrons. The largest absolute Gasteiger partial charge is 0.508 e. The molecule has 4 aromatic rings. The molecule has 3 aromatic carbocycles. The summed E-state index contributed by atoms with van der Waals surface area (Å²) in [6.45, 7) is 6.83. The van der Waals surface area contributed by atoms with Gasteiger partial charge in [-0.05, 0) is 42.0 Å². The van der Waals surface area contributed by atoms with Crippen molar-refractivity contribution in [3.63, 3.8) is 0 Å². The summed E-state index contributed by atoms with van der Waals surface area (Å²) in [5, 5.41) is 12.6. The molecule has 168 valence electrons. The number of ketones is 1. The lowest BCUT2D eigenvalue weighted by molar-refractivity contribution is 0.0272. The molecule has 6 rings (SSSR count). The minimum atomic E-state index is -0.00864. The van der Waals surface area contributed by atoms with E-state index in [9.17, 15) is 9.90 Å². The number of hydrogen-bond acceptors (Lipinski definition) is 5. The highest BCUT2D eigenvalue weighted by Crippen LogP contribution is 2.40. The van der Waals surface area contributed by atoms with E-state index >= 15 is 0 Å². The van der Waals surface area contributed by atoms with E-state index in [1.54, 1.807) is 12.1 Å². The van der Waals surface area contributed by atoms with Crippen LogP contribution in [-0.2, 0) is 4.74 Å². The Morgan fingerprint density at radius 2 is 1.88 bits per heavy atom. The standard InChI is InChI=1S/C27H26N2O4/c1-17-25(27(31)19-6-5-18-7-8-22(30)14-20(18)13-19)23-3-2-4-24-26(23)29(17)21(16-33-24)15-28-9-11-32-12-10-28/h2-8,13-14,21,30H,9-12,15-16H2,1H3. The topological polar surface area (TPSA) is 63.9 Å². The van der Waals surface area contributed by atoms with E-state index in [1.807, 2.05) is 49.4 Å². The molecule has 1 aromatic heterocycles. The molecule has 1 N–H and O–H groups in total. The number of morpholine rings is 1. The summed E-state index contributed by atoms with van der Waals surface area (Å²) in [4.78, 5) is 16.2. The van der Waals surface area contributed by atoms with Crippen molar-refractivity contribution in [3.8, 4) is 11.5 Å². The van der Waals surface area contributed by atoms with Crippen molar-refractivity contribution in [1.29, 1.82) is 0 Å². The fourth-order valence-corrected chi connectivity index (χ4v) is 5.31. The van der Waals surface area contributed by atoms with Crippen molar-refractivity contribution < 1.29 is 19.4 Å². The lowest BCUT2D eigenvalue weighted by Gasteiger charge is -2.34. The van der Waals surface area contributed by atoms with Crippen LogP contribution in [0.15, 0.2) is 54.6 Å². The molecule has 1 atom stereocenters. The van der Waals surface area contributed by atoms with Crippen molar-refractivity contribution >= 4 is 27.5 Å². The fraction of sp³-hybridized carbons (Fsp3) is 0.296. The molecule has 0 amide bonds. The van der Waals surface area contributed by atoms with Gasteiger partial charge < -0.3 is 19.1 Å². The minimum absolute atomic E-state index is 0.00864. The highest BCUT2D eigenvalue weighted by molar-refractivity contribution is 6.19. The number of nitrogens with zero attached hydrogens (tertiary/aromatic N) is 2. The van der Waals surface area contributed by atoms with Gasteiger partial charge in [0, 0.05) is 36.3 Å². The van der Waals surface area contributed by atoms with Crippen LogP contribution in [0, 0.1) is 6.92 Å². The summed E-state index contributed by atoms with van der Waals surface area (Å²) in [6.07, 6.45) is 0. The Hall–Kier alpha value is -3.35. The molecule has 6 nitrogen and oxygen atoms in total. The number of benzene rings is 3. The van der Waals surface area contributed by atoms with Crippen LogP contribution in [0.5, 0.6) is 11.5 Å². The third-order valence-corrected chi connectivity index (χ3v) is 6.91. The van der Waals surface area contributed by atoms with E-state index < -0.39 is 0 Å². The SMILES string of the molecule is Cc1c(C(=O)c2ccc3ccc(O)cc3c2)c2cccc3c2n1C(CN1CCOCC1)CO3. The molecule has 1 saturated heterocycles. The predicted molar refractivity (Wildman–Crippen MR) is 128 cm³/mol. The number of ether oxygens (including phenoxy) is 2. The zero-order valence-corrected chi connectivity index (χ0v) is 18.6. The number of carbonyl (C=O) groups excluding carboxylic acids is 1. The zero-order chi connectivity index (χ0) is 22.5. The molecule has 33 heavy (non-hydrogen) atoms. The number of aromatic hydroxyl groups is 1. The van der Waals surface area contributed by atoms with Crippen LogP contribution in [0.2, 0.25) is 0 Å². The highest BCUT2D eigenvalue weighted by Gasteiger charge is 2.31. The molecule has 0 saturated carbocycles. The van der Waals surface area contributed by atoms with E-state index in [-0.39, 0.29) is 17.6 Å². The first-order valence-electron chi connectivity index (χ1n) is 11.4. The second kappa shape index (κ2) is 7.90. The maximum Gasteiger partial charge on any atom is 0.195 e. The van der Waals surface area contributed by atoms with Gasteiger partial charge in [-0.2, -0.15) is 0 Å². The molecule has 1 fully saturated rings. The van der Waals surface area contributed by atoms with Crippen molar-refractivity contribution in [2.75, 3.05) is 39.5 Å². The molecule has 0 aliphatic carbocycles. The second-order valence-corrected chi connectivity index (χ2v) is 8.94. The summed E-state index contributed by atoms with van der Waals surface area (Å²) in [7, 11) is 0. The number of carbonyl (C=O) groups is 1. The van der Waals surface area contributed by atoms with Gasteiger partial charge in [0.25, 0.3) is 0 Å². The average molecular weight is 443 g/mol. The van der Waals surface area contributed by atoms with Crippen molar-refractivity contribution in [1.82, 2.24) is 9.47 Å². The van der Waals surface area contributed by atoms with Crippen LogP contribution in [0.25, 0.3) is 21.7 Å². The van der Waals surface area contributed by atoms with Crippen molar-refractivity contribution in [2.24, 2.45) is 0 Å². The second-order valence-electron chi connectivity index (χ2n) is 8.94. The van der Waals surface area contributed by atoms with Crippen molar-refractivity contribution in [2.45, 2.75) is 13.0 Å². The first-order valence-corrected chi connectivity index (χ1v) is 11.4. The van der Waals surface area contributed by atoms with Gasteiger partial charge in [0.2, 0.25) is 0 Å². The third-order valence-electron chi connectivity index (χ3n) is 6.91. The predicted octanol–water partition coefficient (Wildman–Crippen LogP) is 4.31. The monoisotopic (exact) mass is 442 g/mol. The molecule has 1 unspecified atom stereocenters. The van der Waals surface area contributed by atoms with Gasteiger partial charge in [-0.25, -0.2) is 0 Å². The van der Waals surface area contributed by atoms with Gasteiger partial charge >= 0.3 is 0 Å². The average Bonchev–Trinajstić information content (AvgIpc) is 3.14. The third kappa shape index (κ3) is 3.37. The van der Waals surface area contributed by atoms with Crippen LogP contribution in [0.3, 0.4) is 0 Å². The Labute approximate surface area is 191 Å². The van der Waals surface area contributed by atoms with Crippen LogP contribution >= 0.6 is 0 Å². The number of phenols is 1. The lowest BCUT2D eigenvalue weighted by atomic mass is 9.98. The quantitative estimate of drug-likeness (QED) is 0.478. The number of hydrogen-bond donors (Lipinski definition) is 1. The van der Waals surface area contributed by atoms with E-state index in [0.717, 1.165) is 71.5 Å². The molecule has 3 heterocycles. The van der Waals surface area contributed by atoms with E-state index in [0.29, 0.717) is 12.2 Å². The maximum atomic E-state index is 13.8. The van der Waals surface area contributed by atoms with Crippen LogP contribution < -0.4 is 4.74 Å².